The normalized spacial score (nSPS) is 12.9. The van der Waals surface area contributed by atoms with E-state index in [9.17, 15) is 0 Å². The molecule has 0 aromatic carbocycles. The molecule has 0 amide bonds. The van der Waals surface area contributed by atoms with E-state index in [-0.39, 0.29) is 0 Å². The van der Waals surface area contributed by atoms with Crippen molar-refractivity contribution in [2.24, 2.45) is 0 Å². The van der Waals surface area contributed by atoms with E-state index >= 15 is 0 Å². The first kappa shape index (κ1) is 15.9. The van der Waals surface area contributed by atoms with Crippen molar-refractivity contribution in [2.45, 2.75) is 52.1 Å². The van der Waals surface area contributed by atoms with E-state index in [4.69, 9.17) is 9.47 Å². The molecule has 1 N–H and O–H groups in total. The zero-order valence-electron chi connectivity index (χ0n) is 11.3. The Bertz CT molecular complexity index is 117. The molecule has 1 unspecified atom stereocenters. The lowest BCUT2D eigenvalue weighted by molar-refractivity contribution is 0.0627. The molecule has 0 aliphatic heterocycles. The molecule has 0 radical (unpaired) electrons. The zero-order chi connectivity index (χ0) is 12.1. The standard InChI is InChI=1S/C13H29NO2/c1-4-5-6-7-11-16-13(2)12-14-9-8-10-15-3/h13-14H,4-12H2,1-3H3. The highest BCUT2D eigenvalue weighted by Gasteiger charge is 2.00. The van der Waals surface area contributed by atoms with Crippen LogP contribution in [-0.2, 0) is 9.47 Å². The van der Waals surface area contributed by atoms with E-state index in [1.165, 1.54) is 25.7 Å². The molecule has 0 spiro atoms. The van der Waals surface area contributed by atoms with Crippen LogP contribution in [0.25, 0.3) is 0 Å². The van der Waals surface area contributed by atoms with Crippen LogP contribution in [0.1, 0.15) is 46.0 Å². The van der Waals surface area contributed by atoms with Gasteiger partial charge in [-0.15, -0.1) is 0 Å². The summed E-state index contributed by atoms with van der Waals surface area (Å²) < 4.78 is 10.7. The van der Waals surface area contributed by atoms with Crippen molar-refractivity contribution >= 4 is 0 Å². The number of methoxy groups -OCH3 is 1. The molecule has 98 valence electrons. The quantitative estimate of drug-likeness (QED) is 0.524. The van der Waals surface area contributed by atoms with E-state index in [0.29, 0.717) is 6.10 Å². The van der Waals surface area contributed by atoms with Crippen molar-refractivity contribution in [1.82, 2.24) is 5.32 Å². The summed E-state index contributed by atoms with van der Waals surface area (Å²) in [4.78, 5) is 0. The van der Waals surface area contributed by atoms with Crippen molar-refractivity contribution in [1.29, 1.82) is 0 Å². The summed E-state index contributed by atoms with van der Waals surface area (Å²) in [5.74, 6) is 0. The number of ether oxygens (including phenoxy) is 2. The van der Waals surface area contributed by atoms with Gasteiger partial charge in [0.2, 0.25) is 0 Å². The summed E-state index contributed by atoms with van der Waals surface area (Å²) in [5, 5.41) is 3.37. The Morgan fingerprint density at radius 3 is 2.56 bits per heavy atom. The van der Waals surface area contributed by atoms with Gasteiger partial charge in [0.1, 0.15) is 0 Å². The van der Waals surface area contributed by atoms with Gasteiger partial charge in [0.25, 0.3) is 0 Å². The molecule has 0 aliphatic carbocycles. The fraction of sp³-hybridized carbons (Fsp3) is 1.00. The van der Waals surface area contributed by atoms with Crippen molar-refractivity contribution in [3.8, 4) is 0 Å². The number of hydrogen-bond acceptors (Lipinski definition) is 3. The lowest BCUT2D eigenvalue weighted by Gasteiger charge is -2.13. The molecule has 0 aliphatic rings. The van der Waals surface area contributed by atoms with E-state index in [1.807, 2.05) is 0 Å². The third kappa shape index (κ3) is 12.0. The van der Waals surface area contributed by atoms with Crippen molar-refractivity contribution in [3.63, 3.8) is 0 Å². The highest BCUT2D eigenvalue weighted by atomic mass is 16.5. The van der Waals surface area contributed by atoms with Crippen LogP contribution < -0.4 is 5.32 Å². The van der Waals surface area contributed by atoms with Gasteiger partial charge in [0, 0.05) is 26.9 Å². The van der Waals surface area contributed by atoms with Gasteiger partial charge in [-0.1, -0.05) is 26.2 Å². The SMILES string of the molecule is CCCCCCOC(C)CNCCCOC. The summed E-state index contributed by atoms with van der Waals surface area (Å²) >= 11 is 0. The minimum Gasteiger partial charge on any atom is -0.385 e. The molecule has 3 heteroatoms. The van der Waals surface area contributed by atoms with E-state index in [0.717, 1.165) is 32.7 Å². The molecule has 0 fully saturated rings. The van der Waals surface area contributed by atoms with Crippen LogP contribution in [0.4, 0.5) is 0 Å². The minimum atomic E-state index is 0.323. The van der Waals surface area contributed by atoms with Crippen molar-refractivity contribution in [3.05, 3.63) is 0 Å². The Morgan fingerprint density at radius 2 is 1.88 bits per heavy atom. The summed E-state index contributed by atoms with van der Waals surface area (Å²) in [7, 11) is 1.74. The monoisotopic (exact) mass is 231 g/mol. The van der Waals surface area contributed by atoms with Gasteiger partial charge >= 0.3 is 0 Å². The largest absolute Gasteiger partial charge is 0.385 e. The number of nitrogens with one attached hydrogen (secondary N) is 1. The van der Waals surface area contributed by atoms with E-state index < -0.39 is 0 Å². The number of hydrogen-bond donors (Lipinski definition) is 1. The zero-order valence-corrected chi connectivity index (χ0v) is 11.3. The summed E-state index contributed by atoms with van der Waals surface area (Å²) in [5.41, 5.74) is 0. The molecular weight excluding hydrogens is 202 g/mol. The maximum absolute atomic E-state index is 5.70. The summed E-state index contributed by atoms with van der Waals surface area (Å²) in [6.07, 6.45) is 6.50. The van der Waals surface area contributed by atoms with Crippen molar-refractivity contribution in [2.75, 3.05) is 33.4 Å². The fourth-order valence-corrected chi connectivity index (χ4v) is 1.52. The van der Waals surface area contributed by atoms with Crippen LogP contribution in [0.15, 0.2) is 0 Å². The predicted octanol–water partition coefficient (Wildman–Crippen LogP) is 2.60. The second-order valence-electron chi connectivity index (χ2n) is 4.29. The van der Waals surface area contributed by atoms with Crippen LogP contribution in [0.3, 0.4) is 0 Å². The highest BCUT2D eigenvalue weighted by Crippen LogP contribution is 2.00. The van der Waals surface area contributed by atoms with Gasteiger partial charge in [-0.2, -0.15) is 0 Å². The maximum atomic E-state index is 5.70. The minimum absolute atomic E-state index is 0.323. The lowest BCUT2D eigenvalue weighted by atomic mass is 10.2. The third-order valence-electron chi connectivity index (χ3n) is 2.53. The molecule has 0 heterocycles. The molecule has 0 bridgehead atoms. The molecule has 0 saturated heterocycles. The smallest absolute Gasteiger partial charge is 0.0671 e. The molecule has 0 aromatic heterocycles. The van der Waals surface area contributed by atoms with Crippen LogP contribution in [0.5, 0.6) is 0 Å². The van der Waals surface area contributed by atoms with Gasteiger partial charge < -0.3 is 14.8 Å². The van der Waals surface area contributed by atoms with Gasteiger partial charge in [0.15, 0.2) is 0 Å². The first-order chi connectivity index (χ1) is 7.81. The third-order valence-corrected chi connectivity index (χ3v) is 2.53. The Kier molecular flexibility index (Phi) is 12.9. The van der Waals surface area contributed by atoms with Crippen LogP contribution in [0.2, 0.25) is 0 Å². The van der Waals surface area contributed by atoms with E-state index in [1.54, 1.807) is 7.11 Å². The van der Waals surface area contributed by atoms with Gasteiger partial charge in [-0.25, -0.2) is 0 Å². The molecular formula is C13H29NO2. The molecule has 3 nitrogen and oxygen atoms in total. The predicted molar refractivity (Wildman–Crippen MR) is 68.9 cm³/mol. The number of unbranched alkanes of at least 4 members (excludes halogenated alkanes) is 3. The Labute approximate surface area is 101 Å². The lowest BCUT2D eigenvalue weighted by Crippen LogP contribution is -2.28. The van der Waals surface area contributed by atoms with Crippen molar-refractivity contribution < 1.29 is 9.47 Å². The van der Waals surface area contributed by atoms with E-state index in [2.05, 4.69) is 19.2 Å². The Hall–Kier alpha value is -0.120. The van der Waals surface area contributed by atoms with Crippen LogP contribution >= 0.6 is 0 Å². The molecule has 0 saturated carbocycles. The average Bonchev–Trinajstić information content (AvgIpc) is 2.28. The second-order valence-corrected chi connectivity index (χ2v) is 4.29. The maximum Gasteiger partial charge on any atom is 0.0671 e. The average molecular weight is 231 g/mol. The topological polar surface area (TPSA) is 30.5 Å². The second kappa shape index (κ2) is 12.9. The molecule has 1 atom stereocenters. The first-order valence-corrected chi connectivity index (χ1v) is 6.62. The molecule has 16 heavy (non-hydrogen) atoms. The highest BCUT2D eigenvalue weighted by molar-refractivity contribution is 4.55. The van der Waals surface area contributed by atoms with Gasteiger partial charge in [0.05, 0.1) is 6.10 Å². The number of rotatable bonds is 12. The van der Waals surface area contributed by atoms with Crippen LogP contribution in [0, 0.1) is 0 Å². The Balaban J connectivity index is 3.09. The Morgan fingerprint density at radius 1 is 1.06 bits per heavy atom. The van der Waals surface area contributed by atoms with Gasteiger partial charge in [-0.3, -0.25) is 0 Å². The molecule has 0 rings (SSSR count). The van der Waals surface area contributed by atoms with Gasteiger partial charge in [-0.05, 0) is 26.3 Å². The first-order valence-electron chi connectivity index (χ1n) is 6.62. The summed E-state index contributed by atoms with van der Waals surface area (Å²) in [6.45, 7) is 8.05. The summed E-state index contributed by atoms with van der Waals surface area (Å²) in [6, 6.07) is 0. The van der Waals surface area contributed by atoms with Crippen LogP contribution in [-0.4, -0.2) is 39.5 Å². The molecule has 0 aromatic rings. The fourth-order valence-electron chi connectivity index (χ4n) is 1.52.